The Balaban J connectivity index is 2.89. The van der Waals surface area contributed by atoms with Crippen LogP contribution >= 0.6 is 11.6 Å². The predicted octanol–water partition coefficient (Wildman–Crippen LogP) is 2.29. The molecule has 0 atom stereocenters. The highest BCUT2D eigenvalue weighted by molar-refractivity contribution is 7.91. The summed E-state index contributed by atoms with van der Waals surface area (Å²) in [6.45, 7) is 0.148. The van der Waals surface area contributed by atoms with Crippen LogP contribution in [0, 0.1) is 10.1 Å². The van der Waals surface area contributed by atoms with Gasteiger partial charge in [0.25, 0.3) is 5.69 Å². The topological polar surface area (TPSA) is 86.5 Å². The second-order valence-electron chi connectivity index (χ2n) is 3.72. The van der Waals surface area contributed by atoms with Crippen molar-refractivity contribution in [3.63, 3.8) is 0 Å². The van der Waals surface area contributed by atoms with Gasteiger partial charge in [0.1, 0.15) is 0 Å². The Morgan fingerprint density at radius 2 is 2.05 bits per heavy atom. The van der Waals surface area contributed by atoms with Crippen molar-refractivity contribution >= 4 is 27.1 Å². The van der Waals surface area contributed by atoms with E-state index in [0.717, 1.165) is 12.1 Å². The zero-order chi connectivity index (χ0) is 15.2. The third-order valence-corrected chi connectivity index (χ3v) is 4.05. The van der Waals surface area contributed by atoms with Crippen LogP contribution < -0.4 is 0 Å². The summed E-state index contributed by atoms with van der Waals surface area (Å²) in [5.41, 5.74) is 2.42. The average Bonchev–Trinajstić information content (AvgIpc) is 2.39. The number of nitro benzene ring substituents is 1. The summed E-state index contributed by atoms with van der Waals surface area (Å²) in [6.07, 6.45) is 1.28. The fraction of sp³-hybridized carbons (Fsp3) is 0.250. The van der Waals surface area contributed by atoms with E-state index >= 15 is 0 Å². The molecule has 0 saturated carbocycles. The van der Waals surface area contributed by atoms with E-state index in [-0.39, 0.29) is 28.0 Å². The number of nitro groups is 1. The molecular weight excluding hydrogens is 306 g/mol. The van der Waals surface area contributed by atoms with E-state index in [1.165, 1.54) is 25.3 Å². The second-order valence-corrected chi connectivity index (χ2v) is 6.21. The highest BCUT2D eigenvalue weighted by atomic mass is 35.5. The van der Waals surface area contributed by atoms with Crippen molar-refractivity contribution in [1.82, 2.24) is 0 Å². The summed E-state index contributed by atoms with van der Waals surface area (Å²) in [4.78, 5) is 9.89. The van der Waals surface area contributed by atoms with Crippen LogP contribution in [-0.4, -0.2) is 32.8 Å². The minimum atomic E-state index is -3.57. The average molecular weight is 318 g/mol. The summed E-state index contributed by atoms with van der Waals surface area (Å²) in [6, 6.07) is 4.68. The van der Waals surface area contributed by atoms with Crippen molar-refractivity contribution in [2.24, 2.45) is 0 Å². The van der Waals surface area contributed by atoms with Crippen molar-refractivity contribution in [3.05, 3.63) is 51.2 Å². The van der Waals surface area contributed by atoms with Gasteiger partial charge in [0, 0.05) is 19.2 Å². The Kier molecular flexibility index (Phi) is 5.91. The van der Waals surface area contributed by atoms with E-state index in [1.807, 2.05) is 0 Å². The summed E-state index contributed by atoms with van der Waals surface area (Å²) in [5, 5.41) is 10.7. The smallest absolute Gasteiger partial charge is 0.269 e. The molecule has 0 aromatic heterocycles. The third-order valence-electron chi connectivity index (χ3n) is 2.24. The number of methoxy groups -OCH3 is 1. The van der Waals surface area contributed by atoms with Crippen LogP contribution in [-0.2, 0) is 14.6 Å². The molecule has 1 aromatic carbocycles. The number of benzene rings is 1. The maximum Gasteiger partial charge on any atom is 0.269 e. The van der Waals surface area contributed by atoms with Gasteiger partial charge in [-0.2, -0.15) is 0 Å². The molecule has 0 radical (unpaired) electrons. The van der Waals surface area contributed by atoms with E-state index in [4.69, 9.17) is 16.3 Å². The highest BCUT2D eigenvalue weighted by Gasteiger charge is 2.14. The zero-order valence-corrected chi connectivity index (χ0v) is 12.1. The normalized spacial score (nSPS) is 10.7. The molecule has 20 heavy (non-hydrogen) atoms. The lowest BCUT2D eigenvalue weighted by Gasteiger charge is -2.00. The monoisotopic (exact) mass is 317 g/mol. The number of rotatable bonds is 6. The molecule has 6 nitrogen and oxygen atoms in total. The molecule has 0 heterocycles. The lowest BCUT2D eigenvalue weighted by atomic mass is 10.3. The SMILES string of the molecule is COCC(Cl)=C=CCS(=O)(=O)c1ccc([N+](=O)[O-])cc1. The summed E-state index contributed by atoms with van der Waals surface area (Å²) < 4.78 is 28.6. The number of ether oxygens (including phenoxy) is 1. The van der Waals surface area contributed by atoms with Crippen molar-refractivity contribution in [2.45, 2.75) is 4.90 Å². The van der Waals surface area contributed by atoms with Crippen LogP contribution in [0.5, 0.6) is 0 Å². The Morgan fingerprint density at radius 1 is 1.45 bits per heavy atom. The van der Waals surface area contributed by atoms with Crippen LogP contribution in [0.4, 0.5) is 5.69 Å². The van der Waals surface area contributed by atoms with Gasteiger partial charge >= 0.3 is 0 Å². The molecule has 0 N–H and O–H groups in total. The first kappa shape index (κ1) is 16.4. The van der Waals surface area contributed by atoms with E-state index in [9.17, 15) is 18.5 Å². The standard InChI is InChI=1S/C12H12ClNO5S/c1-19-9-10(13)3-2-8-20(17,18)12-6-4-11(5-7-12)14(15)16/h2,4-7H,8-9H2,1H3. The summed E-state index contributed by atoms with van der Waals surface area (Å²) in [7, 11) is -2.11. The summed E-state index contributed by atoms with van der Waals surface area (Å²) >= 11 is 5.69. The van der Waals surface area contributed by atoms with Crippen LogP contribution in [0.1, 0.15) is 0 Å². The molecule has 0 saturated heterocycles. The van der Waals surface area contributed by atoms with Gasteiger partial charge in [-0.15, -0.1) is 5.73 Å². The molecule has 1 aromatic rings. The third kappa shape index (κ3) is 4.79. The van der Waals surface area contributed by atoms with Gasteiger partial charge in [-0.05, 0) is 18.2 Å². The maximum atomic E-state index is 11.9. The van der Waals surface area contributed by atoms with Crippen molar-refractivity contribution in [1.29, 1.82) is 0 Å². The first-order chi connectivity index (χ1) is 9.36. The Bertz CT molecular complexity index is 645. The molecule has 0 aliphatic carbocycles. The van der Waals surface area contributed by atoms with Crippen molar-refractivity contribution in [2.75, 3.05) is 19.5 Å². The summed E-state index contributed by atoms with van der Waals surface area (Å²) in [5.74, 6) is -0.301. The first-order valence-corrected chi connectivity index (χ1v) is 7.45. The second kappa shape index (κ2) is 7.21. The number of non-ortho nitro benzene ring substituents is 1. The predicted molar refractivity (Wildman–Crippen MR) is 74.5 cm³/mol. The maximum absolute atomic E-state index is 11.9. The molecule has 1 rings (SSSR count). The van der Waals surface area contributed by atoms with E-state index in [2.05, 4.69) is 5.73 Å². The minimum Gasteiger partial charge on any atom is -0.378 e. The number of hydrogen-bond acceptors (Lipinski definition) is 5. The molecule has 0 spiro atoms. The molecule has 0 fully saturated rings. The van der Waals surface area contributed by atoms with Crippen LogP contribution in [0.3, 0.4) is 0 Å². The van der Waals surface area contributed by atoms with E-state index in [0.29, 0.717) is 0 Å². The molecule has 0 bridgehead atoms. The molecule has 0 amide bonds. The zero-order valence-electron chi connectivity index (χ0n) is 10.6. The number of nitrogens with zero attached hydrogens (tertiary/aromatic N) is 1. The Labute approximate surface area is 121 Å². The Morgan fingerprint density at radius 3 is 2.55 bits per heavy atom. The fourth-order valence-electron chi connectivity index (χ4n) is 1.30. The van der Waals surface area contributed by atoms with Gasteiger partial charge in [-0.3, -0.25) is 10.1 Å². The van der Waals surface area contributed by atoms with Gasteiger partial charge in [0.05, 0.1) is 27.2 Å². The highest BCUT2D eigenvalue weighted by Crippen LogP contribution is 2.17. The van der Waals surface area contributed by atoms with Gasteiger partial charge in [-0.1, -0.05) is 11.6 Å². The molecule has 0 unspecified atom stereocenters. The van der Waals surface area contributed by atoms with E-state index in [1.54, 1.807) is 0 Å². The van der Waals surface area contributed by atoms with Gasteiger partial charge in [0.15, 0.2) is 9.84 Å². The molecule has 0 aliphatic rings. The van der Waals surface area contributed by atoms with Crippen LogP contribution in [0.15, 0.2) is 46.0 Å². The Hall–Kier alpha value is -1.66. The number of hydrogen-bond donors (Lipinski definition) is 0. The lowest BCUT2D eigenvalue weighted by molar-refractivity contribution is -0.384. The quantitative estimate of drug-likeness (QED) is 0.456. The van der Waals surface area contributed by atoms with E-state index < -0.39 is 14.8 Å². The fourth-order valence-corrected chi connectivity index (χ4v) is 2.53. The van der Waals surface area contributed by atoms with Gasteiger partial charge < -0.3 is 4.74 Å². The van der Waals surface area contributed by atoms with Crippen molar-refractivity contribution < 1.29 is 18.1 Å². The number of sulfone groups is 1. The molecule has 8 heteroatoms. The van der Waals surface area contributed by atoms with Crippen LogP contribution in [0.2, 0.25) is 0 Å². The van der Waals surface area contributed by atoms with Crippen LogP contribution in [0.25, 0.3) is 0 Å². The largest absolute Gasteiger partial charge is 0.378 e. The molecule has 108 valence electrons. The van der Waals surface area contributed by atoms with Gasteiger partial charge in [0.2, 0.25) is 0 Å². The molecular formula is C12H12ClNO5S. The number of halogens is 1. The van der Waals surface area contributed by atoms with Crippen molar-refractivity contribution in [3.8, 4) is 0 Å². The molecule has 0 aliphatic heterocycles. The minimum absolute atomic E-state index is 0.00372. The first-order valence-electron chi connectivity index (χ1n) is 5.42. The lowest BCUT2D eigenvalue weighted by Crippen LogP contribution is -2.04. The van der Waals surface area contributed by atoms with Gasteiger partial charge in [-0.25, -0.2) is 8.42 Å².